The molecule has 34 heavy (non-hydrogen) atoms. The number of aromatic nitrogens is 3. The van der Waals surface area contributed by atoms with Crippen molar-refractivity contribution in [3.05, 3.63) is 115 Å². The van der Waals surface area contributed by atoms with Gasteiger partial charge in [-0.2, -0.15) is 0 Å². The van der Waals surface area contributed by atoms with Gasteiger partial charge in [-0.25, -0.2) is 18.7 Å². The van der Waals surface area contributed by atoms with Gasteiger partial charge in [-0.05, 0) is 53.6 Å². The lowest BCUT2D eigenvalue weighted by atomic mass is 10.0. The Labute approximate surface area is 193 Å². The van der Waals surface area contributed by atoms with Crippen molar-refractivity contribution in [2.75, 3.05) is 0 Å². The van der Waals surface area contributed by atoms with Gasteiger partial charge in [0.15, 0.2) is 11.6 Å². The maximum atomic E-state index is 14.8. The fourth-order valence-corrected chi connectivity index (χ4v) is 4.22. The molecule has 0 N–H and O–H groups in total. The summed E-state index contributed by atoms with van der Waals surface area (Å²) in [6.45, 7) is 0. The third kappa shape index (κ3) is 3.46. The number of halogens is 2. The summed E-state index contributed by atoms with van der Waals surface area (Å²) < 4.78 is 35.9. The highest BCUT2D eigenvalue weighted by Crippen LogP contribution is 2.35. The first-order valence-electron chi connectivity index (χ1n) is 10.7. The smallest absolute Gasteiger partial charge is 0.222 e. The van der Waals surface area contributed by atoms with E-state index in [1.807, 2.05) is 65.2 Å². The summed E-state index contributed by atoms with van der Waals surface area (Å²) in [4.78, 5) is 8.37. The lowest BCUT2D eigenvalue weighted by Crippen LogP contribution is -2.00. The normalized spacial score (nSPS) is 11.2. The van der Waals surface area contributed by atoms with Gasteiger partial charge in [-0.15, -0.1) is 0 Å². The molecule has 6 aromatic rings. The van der Waals surface area contributed by atoms with Crippen LogP contribution in [-0.2, 0) is 0 Å². The van der Waals surface area contributed by atoms with Crippen molar-refractivity contribution in [2.24, 2.45) is 0 Å². The van der Waals surface area contributed by atoms with Gasteiger partial charge in [0.2, 0.25) is 5.88 Å². The summed E-state index contributed by atoms with van der Waals surface area (Å²) >= 11 is 0. The third-order valence-electron chi connectivity index (χ3n) is 5.71. The topological polar surface area (TPSA) is 39.9 Å². The van der Waals surface area contributed by atoms with E-state index in [2.05, 4.69) is 9.97 Å². The Bertz CT molecular complexity index is 1680. The number of para-hydroxylation sites is 1. The van der Waals surface area contributed by atoms with Gasteiger partial charge in [0.05, 0.1) is 11.0 Å². The molecule has 0 aliphatic heterocycles. The van der Waals surface area contributed by atoms with Gasteiger partial charge in [0.25, 0.3) is 0 Å². The van der Waals surface area contributed by atoms with Gasteiger partial charge in [-0.1, -0.05) is 42.5 Å². The molecule has 0 unspecified atom stereocenters. The second-order valence-electron chi connectivity index (χ2n) is 7.84. The van der Waals surface area contributed by atoms with E-state index in [1.54, 1.807) is 18.3 Å². The fourth-order valence-electron chi connectivity index (χ4n) is 4.22. The molecule has 6 rings (SSSR count). The summed E-state index contributed by atoms with van der Waals surface area (Å²) in [7, 11) is 0. The Kier molecular flexibility index (Phi) is 4.77. The predicted molar refractivity (Wildman–Crippen MR) is 128 cm³/mol. The van der Waals surface area contributed by atoms with Crippen LogP contribution >= 0.6 is 0 Å². The van der Waals surface area contributed by atoms with Crippen molar-refractivity contribution in [1.29, 1.82) is 0 Å². The number of fused-ring (bicyclic) bond motifs is 3. The number of nitrogens with zero attached hydrogens (tertiary/aromatic N) is 3. The molecule has 0 radical (unpaired) electrons. The van der Waals surface area contributed by atoms with E-state index < -0.39 is 11.6 Å². The Morgan fingerprint density at radius 2 is 1.50 bits per heavy atom. The van der Waals surface area contributed by atoms with Gasteiger partial charge < -0.3 is 4.74 Å². The summed E-state index contributed by atoms with van der Waals surface area (Å²) in [5, 5.41) is 2.02. The lowest BCUT2D eigenvalue weighted by molar-refractivity contribution is 0.457. The highest BCUT2D eigenvalue weighted by molar-refractivity contribution is 6.10. The molecule has 3 aromatic heterocycles. The Morgan fingerprint density at radius 1 is 0.647 bits per heavy atom. The maximum absolute atomic E-state index is 14.8. The summed E-state index contributed by atoms with van der Waals surface area (Å²) in [5.74, 6) is 0.153. The summed E-state index contributed by atoms with van der Waals surface area (Å²) in [5.41, 5.74) is 3.54. The number of hydrogen-bond donors (Lipinski definition) is 0. The number of ether oxygens (including phenoxy) is 1. The second kappa shape index (κ2) is 8.08. The SMILES string of the molecule is Fc1ccnc(Oc2cccc(-c3ccc4c5ccccc5n(-c5ncccc5F)c4c3)c2)c1. The van der Waals surface area contributed by atoms with Crippen molar-refractivity contribution in [3.63, 3.8) is 0 Å². The predicted octanol–water partition coefficient (Wildman–Crippen LogP) is 7.31. The largest absolute Gasteiger partial charge is 0.439 e. The molecule has 3 aromatic carbocycles. The Hall–Kier alpha value is -4.58. The van der Waals surface area contributed by atoms with Crippen LogP contribution in [0, 0.1) is 11.6 Å². The molecule has 0 aliphatic carbocycles. The quantitative estimate of drug-likeness (QED) is 0.283. The van der Waals surface area contributed by atoms with Crippen LogP contribution in [0.25, 0.3) is 38.8 Å². The molecule has 0 saturated heterocycles. The zero-order chi connectivity index (χ0) is 23.1. The average Bonchev–Trinajstić information content (AvgIpc) is 3.18. The van der Waals surface area contributed by atoms with Crippen LogP contribution in [0.1, 0.15) is 0 Å². The number of pyridine rings is 2. The first kappa shape index (κ1) is 20.1. The zero-order valence-corrected chi connectivity index (χ0v) is 17.8. The van der Waals surface area contributed by atoms with Crippen molar-refractivity contribution < 1.29 is 13.5 Å². The minimum atomic E-state index is -0.416. The number of hydrogen-bond acceptors (Lipinski definition) is 3. The molecule has 6 heteroatoms. The van der Waals surface area contributed by atoms with E-state index in [4.69, 9.17) is 4.74 Å². The fraction of sp³-hybridized carbons (Fsp3) is 0. The number of rotatable bonds is 4. The molecule has 0 amide bonds. The average molecular weight is 449 g/mol. The molecule has 3 heterocycles. The van der Waals surface area contributed by atoms with Crippen LogP contribution in [0.4, 0.5) is 8.78 Å². The van der Waals surface area contributed by atoms with Crippen LogP contribution < -0.4 is 4.74 Å². The van der Waals surface area contributed by atoms with E-state index in [0.717, 1.165) is 32.9 Å². The van der Waals surface area contributed by atoms with Crippen LogP contribution in [0.3, 0.4) is 0 Å². The van der Waals surface area contributed by atoms with E-state index in [0.29, 0.717) is 5.75 Å². The highest BCUT2D eigenvalue weighted by Gasteiger charge is 2.16. The first-order chi connectivity index (χ1) is 16.7. The van der Waals surface area contributed by atoms with E-state index in [-0.39, 0.29) is 11.7 Å². The minimum Gasteiger partial charge on any atom is -0.439 e. The minimum absolute atomic E-state index is 0.179. The molecular weight excluding hydrogens is 432 g/mol. The molecule has 0 aliphatic rings. The van der Waals surface area contributed by atoms with Crippen LogP contribution in [-0.4, -0.2) is 14.5 Å². The van der Waals surface area contributed by atoms with E-state index in [1.165, 1.54) is 24.4 Å². The summed E-state index contributed by atoms with van der Waals surface area (Å²) in [6, 6.07) is 26.9. The van der Waals surface area contributed by atoms with Crippen molar-refractivity contribution in [1.82, 2.24) is 14.5 Å². The highest BCUT2D eigenvalue weighted by atomic mass is 19.1. The Balaban J connectivity index is 1.50. The molecule has 164 valence electrons. The van der Waals surface area contributed by atoms with E-state index in [9.17, 15) is 8.78 Å². The Morgan fingerprint density at radius 3 is 2.38 bits per heavy atom. The van der Waals surface area contributed by atoms with Crippen molar-refractivity contribution in [2.45, 2.75) is 0 Å². The molecule has 0 atom stereocenters. The monoisotopic (exact) mass is 449 g/mol. The summed E-state index contributed by atoms with van der Waals surface area (Å²) in [6.07, 6.45) is 2.95. The molecular formula is C28H17F2N3O. The zero-order valence-electron chi connectivity index (χ0n) is 17.8. The van der Waals surface area contributed by atoms with Crippen molar-refractivity contribution >= 4 is 21.8 Å². The molecule has 4 nitrogen and oxygen atoms in total. The standard InChI is InChI=1S/C28H17F2N3O/c29-20-12-14-31-27(17-20)34-21-6-3-5-18(15-21)19-10-11-23-22-7-1-2-9-25(22)33(26(23)16-19)28-24(30)8-4-13-32-28/h1-17H. The van der Waals surface area contributed by atoms with Crippen LogP contribution in [0.2, 0.25) is 0 Å². The molecule has 0 bridgehead atoms. The van der Waals surface area contributed by atoms with Gasteiger partial charge in [0.1, 0.15) is 11.6 Å². The first-order valence-corrected chi connectivity index (χ1v) is 10.7. The second-order valence-corrected chi connectivity index (χ2v) is 7.84. The van der Waals surface area contributed by atoms with Crippen LogP contribution in [0.15, 0.2) is 103 Å². The van der Waals surface area contributed by atoms with E-state index >= 15 is 0 Å². The van der Waals surface area contributed by atoms with Gasteiger partial charge in [0, 0.05) is 29.2 Å². The molecule has 0 spiro atoms. The number of benzene rings is 3. The van der Waals surface area contributed by atoms with Crippen molar-refractivity contribution in [3.8, 4) is 28.6 Å². The third-order valence-corrected chi connectivity index (χ3v) is 5.71. The van der Waals surface area contributed by atoms with Gasteiger partial charge in [-0.3, -0.25) is 4.57 Å². The molecule has 0 fully saturated rings. The molecule has 0 saturated carbocycles. The van der Waals surface area contributed by atoms with Crippen LogP contribution in [0.5, 0.6) is 11.6 Å². The maximum Gasteiger partial charge on any atom is 0.222 e. The lowest BCUT2D eigenvalue weighted by Gasteiger charge is -2.10. The van der Waals surface area contributed by atoms with Gasteiger partial charge >= 0.3 is 0 Å².